The van der Waals surface area contributed by atoms with Crippen molar-refractivity contribution in [2.24, 2.45) is 5.92 Å². The van der Waals surface area contributed by atoms with Crippen LogP contribution in [-0.4, -0.2) is 40.4 Å². The number of nitrogens with zero attached hydrogens (tertiary/aromatic N) is 3. The Morgan fingerprint density at radius 1 is 1.33 bits per heavy atom. The van der Waals surface area contributed by atoms with Crippen LogP contribution in [0.1, 0.15) is 12.8 Å². The normalized spacial score (nSPS) is 17.6. The van der Waals surface area contributed by atoms with Gasteiger partial charge in [0.25, 0.3) is 5.56 Å². The number of ketones is 1. The van der Waals surface area contributed by atoms with Gasteiger partial charge < -0.3 is 4.90 Å². The van der Waals surface area contributed by atoms with Gasteiger partial charge in [0.2, 0.25) is 0 Å². The van der Waals surface area contributed by atoms with Crippen LogP contribution in [-0.2, 0) is 11.3 Å². The summed E-state index contributed by atoms with van der Waals surface area (Å²) in [5.74, 6) is 0.475. The minimum atomic E-state index is -0.164. The Labute approximate surface area is 166 Å². The van der Waals surface area contributed by atoms with Crippen LogP contribution in [0.5, 0.6) is 0 Å². The number of aromatic nitrogens is 2. The summed E-state index contributed by atoms with van der Waals surface area (Å²) in [5.41, 5.74) is 1.59. The highest BCUT2D eigenvalue weighted by Gasteiger charge is 2.22. The Balaban J connectivity index is 1.61. The molecule has 0 radical (unpaired) electrons. The molecule has 1 fully saturated rings. The molecule has 140 valence electrons. The molecule has 0 N–H and O–H groups in total. The number of rotatable bonds is 5. The maximum Gasteiger partial charge on any atom is 0.263 e. The van der Waals surface area contributed by atoms with E-state index < -0.39 is 0 Å². The quantitative estimate of drug-likeness (QED) is 0.654. The van der Waals surface area contributed by atoms with Gasteiger partial charge in [-0.05, 0) is 43.6 Å². The molecule has 1 aliphatic rings. The van der Waals surface area contributed by atoms with Crippen molar-refractivity contribution >= 4 is 38.9 Å². The SMILES string of the molecule is CN1CCC(CC(=O)Cn2cnc3scc(-c4ccc(Cl)cc4)c3c2=O)C1. The molecule has 0 spiro atoms. The number of halogens is 1. The number of benzene rings is 1. The Morgan fingerprint density at radius 3 is 2.81 bits per heavy atom. The van der Waals surface area contributed by atoms with Crippen LogP contribution in [0.15, 0.2) is 40.8 Å². The monoisotopic (exact) mass is 401 g/mol. The molecular formula is C20H20ClN3O2S. The largest absolute Gasteiger partial charge is 0.306 e. The zero-order valence-electron chi connectivity index (χ0n) is 15.0. The topological polar surface area (TPSA) is 55.2 Å². The van der Waals surface area contributed by atoms with Crippen molar-refractivity contribution in [2.45, 2.75) is 19.4 Å². The second-order valence-electron chi connectivity index (χ2n) is 7.17. The molecule has 1 aromatic carbocycles. The summed E-state index contributed by atoms with van der Waals surface area (Å²) >= 11 is 7.40. The maximum atomic E-state index is 13.0. The first-order valence-corrected chi connectivity index (χ1v) is 10.2. The van der Waals surface area contributed by atoms with Crippen molar-refractivity contribution in [3.63, 3.8) is 0 Å². The van der Waals surface area contributed by atoms with Gasteiger partial charge in [0.15, 0.2) is 5.78 Å². The van der Waals surface area contributed by atoms with Gasteiger partial charge >= 0.3 is 0 Å². The molecule has 1 unspecified atom stereocenters. The lowest BCUT2D eigenvalue weighted by Crippen LogP contribution is -2.26. The second kappa shape index (κ2) is 7.54. The average Bonchev–Trinajstić information content (AvgIpc) is 3.25. The summed E-state index contributed by atoms with van der Waals surface area (Å²) in [6, 6.07) is 7.39. The van der Waals surface area contributed by atoms with E-state index in [-0.39, 0.29) is 17.9 Å². The fourth-order valence-electron chi connectivity index (χ4n) is 3.69. The predicted molar refractivity (Wildman–Crippen MR) is 110 cm³/mol. The molecule has 7 heteroatoms. The van der Waals surface area contributed by atoms with E-state index in [1.54, 1.807) is 12.1 Å². The molecule has 0 bridgehead atoms. The Morgan fingerprint density at radius 2 is 2.11 bits per heavy atom. The van der Waals surface area contributed by atoms with E-state index in [0.717, 1.165) is 30.6 Å². The van der Waals surface area contributed by atoms with Gasteiger partial charge in [-0.25, -0.2) is 4.98 Å². The number of hydrogen-bond acceptors (Lipinski definition) is 5. The number of hydrogen-bond donors (Lipinski definition) is 0. The summed E-state index contributed by atoms with van der Waals surface area (Å²) in [5, 5.41) is 3.15. The highest BCUT2D eigenvalue weighted by Crippen LogP contribution is 2.31. The highest BCUT2D eigenvalue weighted by atomic mass is 35.5. The molecular weight excluding hydrogens is 382 g/mol. The van der Waals surface area contributed by atoms with E-state index in [1.807, 2.05) is 17.5 Å². The molecule has 3 aromatic rings. The number of fused-ring (bicyclic) bond motifs is 1. The van der Waals surface area contributed by atoms with Crippen molar-refractivity contribution in [3.05, 3.63) is 51.3 Å². The molecule has 1 aliphatic heterocycles. The van der Waals surface area contributed by atoms with Crippen LogP contribution in [0.4, 0.5) is 0 Å². The van der Waals surface area contributed by atoms with Gasteiger partial charge in [-0.3, -0.25) is 14.2 Å². The number of carbonyl (C=O) groups is 1. The Bertz CT molecular complexity index is 1040. The molecule has 0 aliphatic carbocycles. The smallest absolute Gasteiger partial charge is 0.263 e. The summed E-state index contributed by atoms with van der Waals surface area (Å²) in [4.78, 5) is 32.8. The maximum absolute atomic E-state index is 13.0. The molecule has 4 rings (SSSR count). The third-order valence-corrected chi connectivity index (χ3v) is 6.21. The first-order chi connectivity index (χ1) is 13.0. The van der Waals surface area contributed by atoms with Crippen molar-refractivity contribution in [1.29, 1.82) is 0 Å². The number of thiophene rings is 1. The minimum Gasteiger partial charge on any atom is -0.306 e. The lowest BCUT2D eigenvalue weighted by molar-refractivity contribution is -0.120. The van der Waals surface area contributed by atoms with E-state index in [0.29, 0.717) is 27.6 Å². The van der Waals surface area contributed by atoms with Crippen LogP contribution in [0, 0.1) is 5.92 Å². The molecule has 1 saturated heterocycles. The van der Waals surface area contributed by atoms with Gasteiger partial charge in [0, 0.05) is 28.9 Å². The third kappa shape index (κ3) is 3.83. The number of carbonyl (C=O) groups excluding carboxylic acids is 1. The first kappa shape index (κ1) is 18.3. The summed E-state index contributed by atoms with van der Waals surface area (Å²) in [6.07, 6.45) is 3.05. The van der Waals surface area contributed by atoms with Gasteiger partial charge in [-0.15, -0.1) is 11.3 Å². The zero-order valence-corrected chi connectivity index (χ0v) is 16.6. The standard InChI is InChI=1S/C20H20ClN3O2S/c1-23-7-6-13(9-23)8-16(25)10-24-12-22-19-18(20(24)26)17(11-27-19)14-2-4-15(21)5-3-14/h2-5,11-13H,6-10H2,1H3. The van der Waals surface area contributed by atoms with Gasteiger partial charge in [0.1, 0.15) is 4.83 Å². The van der Waals surface area contributed by atoms with Gasteiger partial charge in [-0.1, -0.05) is 23.7 Å². The predicted octanol–water partition coefficient (Wildman–Crippen LogP) is 3.69. The summed E-state index contributed by atoms with van der Waals surface area (Å²) < 4.78 is 1.44. The van der Waals surface area contributed by atoms with E-state index in [2.05, 4.69) is 16.9 Å². The van der Waals surface area contributed by atoms with Crippen molar-refractivity contribution < 1.29 is 4.79 Å². The third-order valence-electron chi connectivity index (χ3n) is 5.07. The Kier molecular flexibility index (Phi) is 5.12. The van der Waals surface area contributed by atoms with Crippen molar-refractivity contribution in [1.82, 2.24) is 14.5 Å². The van der Waals surface area contributed by atoms with Crippen molar-refractivity contribution in [2.75, 3.05) is 20.1 Å². The molecule has 3 heterocycles. The van der Waals surface area contributed by atoms with Crippen LogP contribution < -0.4 is 5.56 Å². The summed E-state index contributed by atoms with van der Waals surface area (Å²) in [7, 11) is 2.07. The number of likely N-dealkylation sites (tertiary alicyclic amines) is 1. The van der Waals surface area contributed by atoms with E-state index >= 15 is 0 Å². The van der Waals surface area contributed by atoms with Crippen LogP contribution in [0.2, 0.25) is 5.02 Å². The van der Waals surface area contributed by atoms with Crippen molar-refractivity contribution in [3.8, 4) is 11.1 Å². The highest BCUT2D eigenvalue weighted by molar-refractivity contribution is 7.17. The molecule has 0 saturated carbocycles. The molecule has 2 aromatic heterocycles. The van der Waals surface area contributed by atoms with E-state index in [4.69, 9.17) is 11.6 Å². The first-order valence-electron chi connectivity index (χ1n) is 8.94. The van der Waals surface area contributed by atoms with Crippen LogP contribution in [0.3, 0.4) is 0 Å². The molecule has 27 heavy (non-hydrogen) atoms. The molecule has 0 amide bonds. The fraction of sp³-hybridized carbons (Fsp3) is 0.350. The van der Waals surface area contributed by atoms with Crippen LogP contribution in [0.25, 0.3) is 21.3 Å². The minimum absolute atomic E-state index is 0.0812. The fourth-order valence-corrected chi connectivity index (χ4v) is 4.72. The Hall–Kier alpha value is -2.02. The lowest BCUT2D eigenvalue weighted by Gasteiger charge is -2.10. The average molecular weight is 402 g/mol. The zero-order chi connectivity index (χ0) is 19.0. The second-order valence-corrected chi connectivity index (χ2v) is 8.47. The van der Waals surface area contributed by atoms with E-state index in [1.165, 1.54) is 22.2 Å². The summed E-state index contributed by atoms with van der Waals surface area (Å²) in [6.45, 7) is 2.06. The molecule has 1 atom stereocenters. The van der Waals surface area contributed by atoms with Gasteiger partial charge in [0.05, 0.1) is 18.3 Å². The lowest BCUT2D eigenvalue weighted by atomic mass is 10.0. The van der Waals surface area contributed by atoms with Crippen LogP contribution >= 0.6 is 22.9 Å². The molecule has 5 nitrogen and oxygen atoms in total. The van der Waals surface area contributed by atoms with E-state index in [9.17, 15) is 9.59 Å². The van der Waals surface area contributed by atoms with Gasteiger partial charge in [-0.2, -0.15) is 0 Å². The number of Topliss-reactive ketones (excluding diaryl/α,β-unsaturated/α-hetero) is 1.